The van der Waals surface area contributed by atoms with Crippen LogP contribution in [0.3, 0.4) is 0 Å². The minimum absolute atomic E-state index is 0.0299. The van der Waals surface area contributed by atoms with E-state index in [4.69, 9.17) is 44.2 Å². The molecule has 22 heteroatoms. The van der Waals surface area contributed by atoms with Gasteiger partial charge in [-0.2, -0.15) is 0 Å². The topological polar surface area (TPSA) is 263 Å². The maximum atomic E-state index is 12.7. The predicted octanol–water partition coefficient (Wildman–Crippen LogP) is 25.3. The van der Waals surface area contributed by atoms with Crippen LogP contribution < -0.4 is 5.73 Å². The Morgan fingerprint density at radius 1 is 0.351 bits per heavy atom. The van der Waals surface area contributed by atoms with Gasteiger partial charge in [-0.15, -0.1) is 0 Å². The highest BCUT2D eigenvalue weighted by Gasteiger charge is 2.28. The van der Waals surface area contributed by atoms with Crippen molar-refractivity contribution >= 4 is 48.3 Å². The monoisotopic (exact) mass is 1640 g/mol. The summed E-state index contributed by atoms with van der Waals surface area (Å²) < 4.78 is 73.8. The molecule has 0 saturated carbocycles. The first-order valence-corrected chi connectivity index (χ1v) is 49.5. The molecule has 656 valence electrons. The van der Waals surface area contributed by atoms with Crippen LogP contribution >= 0.6 is 24.5 Å². The maximum absolute atomic E-state index is 12.7. The van der Waals surface area contributed by atoms with E-state index in [0.717, 1.165) is 154 Å². The van der Waals surface area contributed by atoms with Crippen LogP contribution in [0.2, 0.25) is 0 Å². The molecule has 0 saturated heterocycles. The molecular weight excluding hydrogens is 1460 g/mol. The Morgan fingerprint density at radius 3 is 0.838 bits per heavy atom. The quantitative estimate of drug-likeness (QED) is 0.0110. The lowest BCUT2D eigenvalue weighted by Gasteiger charge is -2.24. The van der Waals surface area contributed by atoms with Gasteiger partial charge in [0.25, 0.3) is 0 Å². The first-order valence-electron chi connectivity index (χ1n) is 45.5. The van der Waals surface area contributed by atoms with E-state index < -0.39 is 53.0 Å². The summed E-state index contributed by atoms with van der Waals surface area (Å²) >= 11 is 0. The number of hydrogen-bond donors (Lipinski definition) is 4. The van der Waals surface area contributed by atoms with Crippen molar-refractivity contribution in [1.29, 1.82) is 1.43 Å². The van der Waals surface area contributed by atoms with Crippen LogP contribution in [0.1, 0.15) is 407 Å². The Labute approximate surface area is 684 Å². The third-order valence-electron chi connectivity index (χ3n) is 19.0. The summed E-state index contributed by atoms with van der Waals surface area (Å²) in [6.45, 7) is 10.7. The summed E-state index contributed by atoms with van der Waals surface area (Å²) in [7, 11) is -2.58. The molecular formula is C89H174N2O17P3+. The minimum Gasteiger partial charge on any atom is -0.462 e. The first-order chi connectivity index (χ1) is 54.2. The van der Waals surface area contributed by atoms with Gasteiger partial charge >= 0.3 is 39.5 Å². The largest absolute Gasteiger partial charge is 0.472 e. The molecule has 5 N–H and O–H groups in total. The van der Waals surface area contributed by atoms with Crippen molar-refractivity contribution < 1.29 is 84.5 Å². The Kier molecular flexibility index (Phi) is 87.7. The summed E-state index contributed by atoms with van der Waals surface area (Å²) in [6, 6.07) is 0. The van der Waals surface area contributed by atoms with E-state index >= 15 is 0 Å². The second-order valence-electron chi connectivity index (χ2n) is 31.2. The first kappa shape index (κ1) is 110. The number of carbonyl (C=O) groups excluding carboxylic acids is 4. The highest BCUT2D eigenvalue weighted by molar-refractivity contribution is 7.47. The number of ether oxygens (including phenoxy) is 4. The zero-order valence-electron chi connectivity index (χ0n) is 73.6. The highest BCUT2D eigenvalue weighted by atomic mass is 31.2. The average molecular weight is 1640 g/mol. The molecule has 19 nitrogen and oxygen atoms in total. The van der Waals surface area contributed by atoms with Crippen LogP contribution in [0.4, 0.5) is 0 Å². The smallest absolute Gasteiger partial charge is 0.462 e. The SMILES string of the molecule is CCCCCCCC/C=C\CCCCCCCC(=O)OCC(COP(=O)(O)OCCCCCN)OC(=O)CCCCCCC/C=C\CCCCCCCC.CCCCCCCC/C=C\CCCCCCCC(=O)OCC(COP(=O)(O)OCC[N+](C)(C)C)OC(=O)CCCCCCC/C=C\CCCCCCCC.[2H]OPC. The second kappa shape index (κ2) is 88.2. The van der Waals surface area contributed by atoms with Gasteiger partial charge in [0.05, 0.1) is 41.0 Å². The lowest BCUT2D eigenvalue weighted by molar-refractivity contribution is -0.870. The molecule has 0 rings (SSSR count). The van der Waals surface area contributed by atoms with Crippen molar-refractivity contribution in [3.8, 4) is 0 Å². The van der Waals surface area contributed by atoms with E-state index in [-0.39, 0.29) is 64.0 Å². The molecule has 0 bridgehead atoms. The Bertz CT molecular complexity index is 2280. The number of nitrogens with zero attached hydrogens (tertiary/aromatic N) is 1. The lowest BCUT2D eigenvalue weighted by atomic mass is 10.1. The molecule has 0 aromatic carbocycles. The van der Waals surface area contributed by atoms with Gasteiger partial charge in [-0.3, -0.25) is 37.3 Å². The number of phosphoric ester groups is 2. The van der Waals surface area contributed by atoms with Crippen LogP contribution in [-0.2, 0) is 65.4 Å². The third kappa shape index (κ3) is 96.1. The van der Waals surface area contributed by atoms with Gasteiger partial charge < -0.3 is 43.8 Å². The van der Waals surface area contributed by atoms with E-state index in [1.165, 1.54) is 180 Å². The number of carbonyl (C=O) groups is 4. The Hall–Kier alpha value is -2.63. The molecule has 0 aliphatic rings. The van der Waals surface area contributed by atoms with E-state index in [1.54, 1.807) is 6.66 Å². The second-order valence-corrected chi connectivity index (χ2v) is 34.5. The van der Waals surface area contributed by atoms with Crippen molar-refractivity contribution in [3.63, 3.8) is 0 Å². The summed E-state index contributed by atoms with van der Waals surface area (Å²) in [5.41, 5.74) is 5.49. The molecule has 0 radical (unpaired) electrons. The number of quaternary nitrogens is 1. The van der Waals surface area contributed by atoms with E-state index in [9.17, 15) is 38.1 Å². The van der Waals surface area contributed by atoms with Gasteiger partial charge in [-0.25, -0.2) is 9.13 Å². The van der Waals surface area contributed by atoms with Crippen LogP contribution in [0, 0.1) is 0 Å². The van der Waals surface area contributed by atoms with Gasteiger partial charge in [0, 0.05) is 34.5 Å². The highest BCUT2D eigenvalue weighted by Crippen LogP contribution is 2.44. The van der Waals surface area contributed by atoms with Crippen molar-refractivity contribution in [3.05, 3.63) is 48.6 Å². The fourth-order valence-corrected chi connectivity index (χ4v) is 13.6. The number of esters is 4. The zero-order chi connectivity index (χ0) is 83.1. The normalized spacial score (nSPS) is 13.7. The predicted molar refractivity (Wildman–Crippen MR) is 465 cm³/mol. The number of hydrogen-bond acceptors (Lipinski definition) is 16. The van der Waals surface area contributed by atoms with Gasteiger partial charge in [-0.05, 0) is 161 Å². The van der Waals surface area contributed by atoms with Gasteiger partial charge in [0.2, 0.25) is 1.43 Å². The molecule has 0 aliphatic carbocycles. The average Bonchev–Trinajstić information content (AvgIpc) is 0.911. The van der Waals surface area contributed by atoms with Crippen LogP contribution in [0.5, 0.6) is 0 Å². The Morgan fingerprint density at radius 2 is 0.586 bits per heavy atom. The fraction of sp³-hybridized carbons (Fsp3) is 0.865. The number of likely N-dealkylation sites (N-methyl/N-ethyl adjacent to an activating group) is 1. The number of nitrogens with two attached hydrogens (primary N) is 1. The molecule has 0 heterocycles. The minimum atomic E-state index is -4.37. The van der Waals surface area contributed by atoms with Crippen LogP contribution in [0.25, 0.3) is 0 Å². The third-order valence-corrected chi connectivity index (χ3v) is 21.0. The molecule has 111 heavy (non-hydrogen) atoms. The number of phosphoric acid groups is 2. The van der Waals surface area contributed by atoms with Gasteiger partial charge in [0.15, 0.2) is 12.2 Å². The summed E-state index contributed by atoms with van der Waals surface area (Å²) in [6.07, 6.45) is 80.7. The van der Waals surface area contributed by atoms with Gasteiger partial charge in [0.1, 0.15) is 26.4 Å². The molecule has 5 atom stereocenters. The zero-order valence-corrected chi connectivity index (χ0v) is 75.4. The lowest BCUT2D eigenvalue weighted by Crippen LogP contribution is -2.37. The van der Waals surface area contributed by atoms with Crippen molar-refractivity contribution in [2.45, 2.75) is 419 Å². The fourth-order valence-electron chi connectivity index (χ4n) is 12.1. The van der Waals surface area contributed by atoms with Crippen molar-refractivity contribution in [1.82, 2.24) is 0 Å². The van der Waals surface area contributed by atoms with Crippen LogP contribution in [0.15, 0.2) is 48.6 Å². The maximum Gasteiger partial charge on any atom is 0.472 e. The molecule has 0 aromatic heterocycles. The molecule has 5 unspecified atom stereocenters. The number of unbranched alkanes of at least 4 members (excludes halogenated alkanes) is 46. The summed E-state index contributed by atoms with van der Waals surface area (Å²) in [4.78, 5) is 74.4. The number of allylic oxidation sites excluding steroid dienone is 8. The number of rotatable bonds is 83. The van der Waals surface area contributed by atoms with Gasteiger partial charge in [-0.1, -0.05) is 282 Å². The molecule has 0 amide bonds. The molecule has 0 fully saturated rings. The van der Waals surface area contributed by atoms with E-state index in [1.807, 2.05) is 21.1 Å². The molecule has 0 spiro atoms. The molecule has 0 aromatic rings. The van der Waals surface area contributed by atoms with Crippen LogP contribution in [-0.4, -0.2) is 137 Å². The van der Waals surface area contributed by atoms with Crippen molar-refractivity contribution in [2.75, 3.05) is 80.5 Å². The summed E-state index contributed by atoms with van der Waals surface area (Å²) in [5.74, 6) is -1.63. The molecule has 0 aliphatic heterocycles. The van der Waals surface area contributed by atoms with E-state index in [2.05, 4.69) is 81.2 Å². The van der Waals surface area contributed by atoms with E-state index in [0.29, 0.717) is 45.6 Å². The Balaban J connectivity index is -0.00000202. The van der Waals surface area contributed by atoms with Crippen molar-refractivity contribution in [2.24, 2.45) is 5.73 Å². The standard InChI is InChI=1S/2C44H84NO8P.CH5OP/c1-6-8-10-12-14-16-18-20-22-24-26-28-30-32-34-36-43(46)50-40-42(41-52-54(48,49)51-39-38-45(3,4)5)53-44(47)37-35-33-31-29-27-25-23-21-19-17-15-13-11-9-7-2;1-3-5-7-9-11-13-15-17-19-21-23-25-27-29-32-36-43(46)50-40-42(41-52-54(48,49)51-39-35-31-34-38-45)53-44(47)37-33-30-28-26-24-22-20-18-16-14-12-10-8-6-4-2;1-3-2/h20-23,42H,6-19,24-41H2,1-5H3;17-20,42H,3-16,21-41,45H2,1-2H3,(H,48,49);2-3H,1H3/p+1/b22-20-,23-21-;19-17-,20-18-;/i;;2D. The summed E-state index contributed by atoms with van der Waals surface area (Å²) in [5, 5.41) is 0.